The van der Waals surface area contributed by atoms with Gasteiger partial charge in [0.05, 0.1) is 19.1 Å². The molecule has 0 aromatic heterocycles. The molecular formula is C15H22N2O4. The van der Waals surface area contributed by atoms with E-state index in [1.165, 1.54) is 4.90 Å². The van der Waals surface area contributed by atoms with Crippen LogP contribution in [0, 0.1) is 6.92 Å². The number of nitrogens with one attached hydrogen (secondary N) is 1. The molecule has 1 aromatic carbocycles. The summed E-state index contributed by atoms with van der Waals surface area (Å²) in [5.41, 5.74) is 1.85. The van der Waals surface area contributed by atoms with Gasteiger partial charge in [-0.15, -0.1) is 0 Å². The van der Waals surface area contributed by atoms with Crippen molar-refractivity contribution in [2.24, 2.45) is 0 Å². The molecule has 1 aromatic rings. The fourth-order valence-corrected chi connectivity index (χ4v) is 1.85. The normalized spacial score (nSPS) is 11.8. The lowest BCUT2D eigenvalue weighted by Gasteiger charge is -2.24. The number of hydrogen-bond acceptors (Lipinski definition) is 3. The molecular weight excluding hydrogens is 272 g/mol. The lowest BCUT2D eigenvalue weighted by molar-refractivity contribution is -0.136. The number of carboxylic acids is 1. The van der Waals surface area contributed by atoms with Gasteiger partial charge >= 0.3 is 12.0 Å². The van der Waals surface area contributed by atoms with E-state index < -0.39 is 12.1 Å². The van der Waals surface area contributed by atoms with Crippen molar-refractivity contribution in [1.29, 1.82) is 0 Å². The van der Waals surface area contributed by atoms with E-state index in [9.17, 15) is 14.7 Å². The first-order valence-electron chi connectivity index (χ1n) is 6.93. The predicted octanol–water partition coefficient (Wildman–Crippen LogP) is 1.53. The summed E-state index contributed by atoms with van der Waals surface area (Å²) in [5, 5.41) is 21.2. The second-order valence-electron chi connectivity index (χ2n) is 4.84. The molecule has 1 atom stereocenters. The number of aliphatic hydroxyl groups excluding tert-OH is 1. The minimum atomic E-state index is -0.960. The van der Waals surface area contributed by atoms with Crippen LogP contribution in [0.3, 0.4) is 0 Å². The zero-order chi connectivity index (χ0) is 15.8. The third-order valence-electron chi connectivity index (χ3n) is 3.14. The van der Waals surface area contributed by atoms with E-state index in [2.05, 4.69) is 5.32 Å². The summed E-state index contributed by atoms with van der Waals surface area (Å²) in [4.78, 5) is 23.7. The van der Waals surface area contributed by atoms with Crippen LogP contribution in [-0.2, 0) is 4.79 Å². The number of aliphatic carboxylic acids is 1. The number of carbonyl (C=O) groups is 2. The van der Waals surface area contributed by atoms with Crippen LogP contribution in [0.2, 0.25) is 0 Å². The highest BCUT2D eigenvalue weighted by molar-refractivity contribution is 5.75. The van der Waals surface area contributed by atoms with Gasteiger partial charge < -0.3 is 20.4 Å². The highest BCUT2D eigenvalue weighted by atomic mass is 16.4. The molecule has 2 amide bonds. The first-order chi connectivity index (χ1) is 9.93. The molecule has 0 saturated heterocycles. The molecule has 0 fully saturated rings. The van der Waals surface area contributed by atoms with Crippen LogP contribution in [0.5, 0.6) is 0 Å². The summed E-state index contributed by atoms with van der Waals surface area (Å²) < 4.78 is 0. The van der Waals surface area contributed by atoms with Gasteiger partial charge in [-0.25, -0.2) is 4.79 Å². The minimum Gasteiger partial charge on any atom is -0.481 e. The quantitative estimate of drug-likeness (QED) is 0.711. The average molecular weight is 294 g/mol. The first-order valence-corrected chi connectivity index (χ1v) is 6.93. The summed E-state index contributed by atoms with van der Waals surface area (Å²) in [5.74, 6) is -0.960. The number of nitrogens with zero attached hydrogens (tertiary/aromatic N) is 1. The second kappa shape index (κ2) is 8.26. The van der Waals surface area contributed by atoms with Gasteiger partial charge in [0, 0.05) is 13.1 Å². The molecule has 1 rings (SSSR count). The van der Waals surface area contributed by atoms with Crippen molar-refractivity contribution < 1.29 is 19.8 Å². The largest absolute Gasteiger partial charge is 0.481 e. The number of likely N-dealkylation sites (N-methyl/N-ethyl adjacent to an activating group) is 1. The Bertz CT molecular complexity index is 473. The number of aryl methyl sites for hydroxylation is 1. The number of aliphatic hydroxyl groups is 1. The number of hydrogen-bond donors (Lipinski definition) is 3. The van der Waals surface area contributed by atoms with E-state index in [4.69, 9.17) is 5.11 Å². The minimum absolute atomic E-state index is 0.0747. The van der Waals surface area contributed by atoms with E-state index in [-0.39, 0.29) is 25.5 Å². The van der Waals surface area contributed by atoms with Crippen LogP contribution in [-0.4, -0.2) is 46.7 Å². The van der Waals surface area contributed by atoms with Crippen molar-refractivity contribution in [2.75, 3.05) is 19.6 Å². The Kier molecular flexibility index (Phi) is 6.68. The molecule has 0 bridgehead atoms. The monoisotopic (exact) mass is 294 g/mol. The third kappa shape index (κ3) is 5.83. The van der Waals surface area contributed by atoms with Crippen LogP contribution in [0.1, 0.15) is 30.6 Å². The highest BCUT2D eigenvalue weighted by Crippen LogP contribution is 2.15. The lowest BCUT2D eigenvalue weighted by atomic mass is 10.1. The summed E-state index contributed by atoms with van der Waals surface area (Å²) in [6, 6.07) is 7.10. The van der Waals surface area contributed by atoms with Crippen molar-refractivity contribution in [3.05, 3.63) is 35.4 Å². The molecule has 0 aliphatic rings. The van der Waals surface area contributed by atoms with Gasteiger partial charge in [-0.2, -0.15) is 0 Å². The zero-order valence-electron chi connectivity index (χ0n) is 12.4. The van der Waals surface area contributed by atoms with Gasteiger partial charge in [0.15, 0.2) is 0 Å². The molecule has 0 spiro atoms. The Morgan fingerprint density at radius 2 is 1.90 bits per heavy atom. The van der Waals surface area contributed by atoms with Gasteiger partial charge in [0.2, 0.25) is 0 Å². The van der Waals surface area contributed by atoms with Gasteiger partial charge in [0.25, 0.3) is 0 Å². The van der Waals surface area contributed by atoms with Crippen LogP contribution in [0.25, 0.3) is 0 Å². The van der Waals surface area contributed by atoms with Crippen molar-refractivity contribution in [2.45, 2.75) is 26.4 Å². The van der Waals surface area contributed by atoms with E-state index in [1.807, 2.05) is 31.2 Å². The second-order valence-corrected chi connectivity index (χ2v) is 4.84. The Morgan fingerprint density at radius 1 is 1.29 bits per heavy atom. The van der Waals surface area contributed by atoms with Crippen molar-refractivity contribution in [1.82, 2.24) is 10.2 Å². The molecule has 6 heteroatoms. The molecule has 0 heterocycles. The molecule has 0 aliphatic heterocycles. The SMILES string of the molecule is CCN(CC(O)c1ccc(C)cc1)C(=O)NCCC(=O)O. The van der Waals surface area contributed by atoms with Gasteiger partial charge in [0.1, 0.15) is 0 Å². The maximum atomic E-state index is 11.9. The number of carbonyl (C=O) groups excluding carboxylic acids is 1. The molecule has 21 heavy (non-hydrogen) atoms. The number of benzene rings is 1. The van der Waals surface area contributed by atoms with Crippen LogP contribution >= 0.6 is 0 Å². The maximum Gasteiger partial charge on any atom is 0.317 e. The van der Waals surface area contributed by atoms with E-state index >= 15 is 0 Å². The molecule has 0 saturated carbocycles. The van der Waals surface area contributed by atoms with Crippen LogP contribution < -0.4 is 5.32 Å². The van der Waals surface area contributed by atoms with Crippen LogP contribution in [0.4, 0.5) is 4.79 Å². The van der Waals surface area contributed by atoms with Crippen LogP contribution in [0.15, 0.2) is 24.3 Å². The lowest BCUT2D eigenvalue weighted by Crippen LogP contribution is -2.42. The van der Waals surface area contributed by atoms with Gasteiger partial charge in [-0.1, -0.05) is 29.8 Å². The number of rotatable bonds is 7. The standard InChI is InChI=1S/C15H22N2O4/c1-3-17(15(21)16-9-8-14(19)20)10-13(18)12-6-4-11(2)5-7-12/h4-7,13,18H,3,8-10H2,1-2H3,(H,16,21)(H,19,20). The Balaban J connectivity index is 2.54. The molecule has 3 N–H and O–H groups in total. The Morgan fingerprint density at radius 3 is 2.43 bits per heavy atom. The topological polar surface area (TPSA) is 89.9 Å². The average Bonchev–Trinajstić information content (AvgIpc) is 2.44. The predicted molar refractivity (Wildman–Crippen MR) is 79.0 cm³/mol. The molecule has 6 nitrogen and oxygen atoms in total. The smallest absolute Gasteiger partial charge is 0.317 e. The fraction of sp³-hybridized carbons (Fsp3) is 0.467. The maximum absolute atomic E-state index is 11.9. The van der Waals surface area contributed by atoms with Gasteiger partial charge in [-0.3, -0.25) is 4.79 Å². The van der Waals surface area contributed by atoms with E-state index in [0.29, 0.717) is 6.54 Å². The zero-order valence-corrected chi connectivity index (χ0v) is 12.4. The van der Waals surface area contributed by atoms with Crippen molar-refractivity contribution in [3.63, 3.8) is 0 Å². The van der Waals surface area contributed by atoms with Gasteiger partial charge in [-0.05, 0) is 19.4 Å². The summed E-state index contributed by atoms with van der Waals surface area (Å²) in [6.45, 7) is 4.44. The Labute approximate surface area is 124 Å². The molecule has 116 valence electrons. The number of urea groups is 1. The summed E-state index contributed by atoms with van der Waals surface area (Å²) in [6.07, 6.45) is -0.889. The van der Waals surface area contributed by atoms with Crippen molar-refractivity contribution in [3.8, 4) is 0 Å². The number of carboxylic acid groups (broad SMARTS) is 1. The summed E-state index contributed by atoms with van der Waals surface area (Å²) >= 11 is 0. The van der Waals surface area contributed by atoms with Crippen molar-refractivity contribution >= 4 is 12.0 Å². The Hall–Kier alpha value is -2.08. The fourth-order valence-electron chi connectivity index (χ4n) is 1.85. The van der Waals surface area contributed by atoms with E-state index in [1.54, 1.807) is 6.92 Å². The highest BCUT2D eigenvalue weighted by Gasteiger charge is 2.17. The summed E-state index contributed by atoms with van der Waals surface area (Å²) in [7, 11) is 0. The third-order valence-corrected chi connectivity index (χ3v) is 3.14. The molecule has 0 radical (unpaired) electrons. The first kappa shape index (κ1) is 17.0. The number of amides is 2. The molecule has 0 aliphatic carbocycles. The van der Waals surface area contributed by atoms with E-state index in [0.717, 1.165) is 11.1 Å². The molecule has 1 unspecified atom stereocenters.